The van der Waals surface area contributed by atoms with Crippen molar-refractivity contribution < 1.29 is 0 Å². The number of anilines is 2. The van der Waals surface area contributed by atoms with Crippen LogP contribution in [-0.2, 0) is 6.42 Å². The van der Waals surface area contributed by atoms with Gasteiger partial charge in [-0.3, -0.25) is 0 Å². The average molecular weight is 220 g/mol. The lowest BCUT2D eigenvalue weighted by Crippen LogP contribution is -2.28. The highest BCUT2D eigenvalue weighted by Crippen LogP contribution is 2.31. The van der Waals surface area contributed by atoms with Gasteiger partial charge in [-0.1, -0.05) is 13.8 Å². The molecule has 0 radical (unpaired) electrons. The molecule has 0 spiro atoms. The summed E-state index contributed by atoms with van der Waals surface area (Å²) in [6.45, 7) is 5.31. The molecule has 1 saturated carbocycles. The molecular weight excluding hydrogens is 200 g/mol. The van der Waals surface area contributed by atoms with E-state index in [-0.39, 0.29) is 0 Å². The first-order valence-electron chi connectivity index (χ1n) is 6.14. The van der Waals surface area contributed by atoms with Crippen molar-refractivity contribution in [3.8, 4) is 0 Å². The molecule has 1 aliphatic carbocycles. The van der Waals surface area contributed by atoms with Gasteiger partial charge in [-0.25, -0.2) is 9.97 Å². The second-order valence-corrected chi connectivity index (χ2v) is 4.35. The quantitative estimate of drug-likeness (QED) is 0.824. The van der Waals surface area contributed by atoms with Gasteiger partial charge in [-0.05, 0) is 19.3 Å². The fourth-order valence-corrected chi connectivity index (χ4v) is 1.92. The first kappa shape index (κ1) is 11.2. The molecule has 1 fully saturated rings. The van der Waals surface area contributed by atoms with Crippen LogP contribution in [0.5, 0.6) is 0 Å². The lowest BCUT2D eigenvalue weighted by molar-refractivity contribution is 0.742. The van der Waals surface area contributed by atoms with E-state index in [2.05, 4.69) is 28.7 Å². The second kappa shape index (κ2) is 4.68. The van der Waals surface area contributed by atoms with Crippen LogP contribution >= 0.6 is 0 Å². The summed E-state index contributed by atoms with van der Waals surface area (Å²) >= 11 is 0. The Balaban J connectivity index is 2.25. The van der Waals surface area contributed by atoms with Gasteiger partial charge in [-0.2, -0.15) is 0 Å². The van der Waals surface area contributed by atoms with Crippen LogP contribution in [0.15, 0.2) is 6.07 Å². The van der Waals surface area contributed by atoms with E-state index >= 15 is 0 Å². The van der Waals surface area contributed by atoms with E-state index in [0.29, 0.717) is 11.9 Å². The minimum absolute atomic E-state index is 0.587. The zero-order valence-electron chi connectivity index (χ0n) is 10.1. The maximum absolute atomic E-state index is 5.81. The average Bonchev–Trinajstić information content (AvgIpc) is 3.08. The Labute approximate surface area is 96.9 Å². The number of hydrogen-bond donors (Lipinski definition) is 1. The topological polar surface area (TPSA) is 55.0 Å². The van der Waals surface area contributed by atoms with Gasteiger partial charge in [0, 0.05) is 25.1 Å². The van der Waals surface area contributed by atoms with E-state index in [1.54, 1.807) is 0 Å². The summed E-state index contributed by atoms with van der Waals surface area (Å²) < 4.78 is 0. The zero-order valence-corrected chi connectivity index (χ0v) is 10.1. The molecule has 4 heteroatoms. The third kappa shape index (κ3) is 2.43. The number of nitrogens with two attached hydrogens (primary N) is 1. The fourth-order valence-electron chi connectivity index (χ4n) is 1.92. The largest absolute Gasteiger partial charge is 0.384 e. The van der Waals surface area contributed by atoms with Crippen LogP contribution in [0.2, 0.25) is 0 Å². The third-order valence-corrected chi connectivity index (χ3v) is 2.84. The molecular formula is C12H20N4. The number of rotatable bonds is 5. The summed E-state index contributed by atoms with van der Waals surface area (Å²) in [4.78, 5) is 11.2. The maximum atomic E-state index is 5.81. The molecule has 16 heavy (non-hydrogen) atoms. The number of nitrogen functional groups attached to an aromatic ring is 1. The highest BCUT2D eigenvalue weighted by molar-refractivity contribution is 5.48. The summed E-state index contributed by atoms with van der Waals surface area (Å²) in [5, 5.41) is 0. The van der Waals surface area contributed by atoms with Crippen LogP contribution in [0.1, 0.15) is 38.9 Å². The Morgan fingerprint density at radius 1 is 1.38 bits per heavy atom. The Morgan fingerprint density at radius 3 is 2.69 bits per heavy atom. The molecule has 0 aromatic carbocycles. The molecule has 4 nitrogen and oxygen atoms in total. The van der Waals surface area contributed by atoms with Gasteiger partial charge in [0.25, 0.3) is 0 Å². The lowest BCUT2D eigenvalue weighted by atomic mass is 10.3. The summed E-state index contributed by atoms with van der Waals surface area (Å²) in [7, 11) is 0. The van der Waals surface area contributed by atoms with E-state index in [9.17, 15) is 0 Å². The van der Waals surface area contributed by atoms with Crippen molar-refractivity contribution >= 4 is 11.6 Å². The molecule has 1 aromatic heterocycles. The summed E-state index contributed by atoms with van der Waals surface area (Å²) in [6.07, 6.45) is 4.54. The molecule has 0 aliphatic heterocycles. The van der Waals surface area contributed by atoms with Crippen molar-refractivity contribution in [2.45, 2.75) is 45.6 Å². The smallest absolute Gasteiger partial charge is 0.134 e. The molecule has 1 aliphatic rings. The van der Waals surface area contributed by atoms with Crippen molar-refractivity contribution in [2.24, 2.45) is 0 Å². The Kier molecular flexibility index (Phi) is 3.27. The van der Waals surface area contributed by atoms with Crippen LogP contribution in [0.3, 0.4) is 0 Å². The molecule has 2 N–H and O–H groups in total. The number of hydrogen-bond acceptors (Lipinski definition) is 4. The standard InChI is InChI=1S/C12H20N4/c1-3-7-16(9-5-6-9)12-8-10(13)14-11(4-2)15-12/h8-9H,3-7H2,1-2H3,(H2,13,14,15). The van der Waals surface area contributed by atoms with Crippen molar-refractivity contribution in [1.29, 1.82) is 0 Å². The first-order chi connectivity index (χ1) is 7.74. The van der Waals surface area contributed by atoms with Gasteiger partial charge >= 0.3 is 0 Å². The number of nitrogens with zero attached hydrogens (tertiary/aromatic N) is 3. The molecule has 0 unspecified atom stereocenters. The van der Waals surface area contributed by atoms with Crippen LogP contribution in [0.4, 0.5) is 11.6 Å². The van der Waals surface area contributed by atoms with Crippen molar-refractivity contribution in [1.82, 2.24) is 9.97 Å². The van der Waals surface area contributed by atoms with Gasteiger partial charge in [-0.15, -0.1) is 0 Å². The molecule has 0 saturated heterocycles. The van der Waals surface area contributed by atoms with Crippen LogP contribution < -0.4 is 10.6 Å². The fraction of sp³-hybridized carbons (Fsp3) is 0.667. The Morgan fingerprint density at radius 2 is 2.12 bits per heavy atom. The summed E-state index contributed by atoms with van der Waals surface area (Å²) in [5.41, 5.74) is 5.81. The lowest BCUT2D eigenvalue weighted by Gasteiger charge is -2.23. The number of aromatic nitrogens is 2. The summed E-state index contributed by atoms with van der Waals surface area (Å²) in [5.74, 6) is 2.44. The predicted molar refractivity (Wildman–Crippen MR) is 66.5 cm³/mol. The van der Waals surface area contributed by atoms with E-state index < -0.39 is 0 Å². The van der Waals surface area contributed by atoms with Crippen molar-refractivity contribution in [3.05, 3.63) is 11.9 Å². The van der Waals surface area contributed by atoms with E-state index in [0.717, 1.165) is 31.0 Å². The van der Waals surface area contributed by atoms with Crippen molar-refractivity contribution in [3.63, 3.8) is 0 Å². The van der Waals surface area contributed by atoms with Crippen LogP contribution in [0, 0.1) is 0 Å². The molecule has 0 atom stereocenters. The molecule has 2 rings (SSSR count). The number of aryl methyl sites for hydroxylation is 1. The zero-order chi connectivity index (χ0) is 11.5. The van der Waals surface area contributed by atoms with Crippen molar-refractivity contribution in [2.75, 3.05) is 17.2 Å². The van der Waals surface area contributed by atoms with E-state index in [1.807, 2.05) is 6.07 Å². The van der Waals surface area contributed by atoms with Gasteiger partial charge in [0.2, 0.25) is 0 Å². The van der Waals surface area contributed by atoms with Crippen LogP contribution in [-0.4, -0.2) is 22.6 Å². The first-order valence-corrected chi connectivity index (χ1v) is 6.14. The highest BCUT2D eigenvalue weighted by Gasteiger charge is 2.29. The third-order valence-electron chi connectivity index (χ3n) is 2.84. The van der Waals surface area contributed by atoms with Gasteiger partial charge in [0.15, 0.2) is 0 Å². The Bertz CT molecular complexity index is 360. The molecule has 88 valence electrons. The van der Waals surface area contributed by atoms with E-state index in [4.69, 9.17) is 5.73 Å². The minimum atomic E-state index is 0.587. The monoisotopic (exact) mass is 220 g/mol. The predicted octanol–water partition coefficient (Wildman–Crippen LogP) is 2.00. The SMILES string of the molecule is CCCN(c1cc(N)nc(CC)n1)C1CC1. The molecule has 0 bridgehead atoms. The van der Waals surface area contributed by atoms with Gasteiger partial charge in [0.05, 0.1) is 0 Å². The van der Waals surface area contributed by atoms with Gasteiger partial charge < -0.3 is 10.6 Å². The summed E-state index contributed by atoms with van der Waals surface area (Å²) in [6, 6.07) is 2.58. The molecule has 1 aromatic rings. The maximum Gasteiger partial charge on any atom is 0.134 e. The van der Waals surface area contributed by atoms with Gasteiger partial charge in [0.1, 0.15) is 17.5 Å². The highest BCUT2D eigenvalue weighted by atomic mass is 15.2. The molecule has 1 heterocycles. The van der Waals surface area contributed by atoms with E-state index in [1.165, 1.54) is 12.8 Å². The molecule has 0 amide bonds. The Hall–Kier alpha value is -1.32. The normalized spacial score (nSPS) is 15.1. The minimum Gasteiger partial charge on any atom is -0.384 e. The van der Waals surface area contributed by atoms with Crippen LogP contribution in [0.25, 0.3) is 0 Å². The second-order valence-electron chi connectivity index (χ2n) is 4.35.